The monoisotopic (exact) mass is 251 g/mol. The molecule has 0 radical (unpaired) electrons. The molecule has 1 aromatic carbocycles. The molecule has 1 rings (SSSR count). The predicted octanol–water partition coefficient (Wildman–Crippen LogP) is 1.51. The number of nitrogens with two attached hydrogens (primary N) is 1. The third-order valence-electron chi connectivity index (χ3n) is 2.31. The first-order chi connectivity index (χ1) is 8.21. The van der Waals surface area contributed by atoms with Crippen molar-refractivity contribution in [1.82, 2.24) is 0 Å². The molecule has 0 amide bonds. The highest BCUT2D eigenvalue weighted by Crippen LogP contribution is 2.19. The molecule has 0 unspecified atom stereocenters. The Morgan fingerprint density at radius 3 is 2.17 bits per heavy atom. The van der Waals surface area contributed by atoms with Crippen molar-refractivity contribution >= 4 is 11.9 Å². The first-order valence-electron chi connectivity index (χ1n) is 5.52. The van der Waals surface area contributed by atoms with Crippen LogP contribution in [0.4, 0.5) is 0 Å². The lowest BCUT2D eigenvalue weighted by Gasteiger charge is -2.17. The second-order valence-corrected chi connectivity index (χ2v) is 5.03. The number of phenols is 1. The van der Waals surface area contributed by atoms with E-state index in [2.05, 4.69) is 0 Å². The van der Waals surface area contributed by atoms with Crippen LogP contribution in [0, 0.1) is 5.41 Å². The highest BCUT2D eigenvalue weighted by atomic mass is 16.6. The van der Waals surface area contributed by atoms with Crippen molar-refractivity contribution in [3.63, 3.8) is 0 Å². The van der Waals surface area contributed by atoms with Gasteiger partial charge in [0.1, 0.15) is 11.8 Å². The number of ether oxygens (including phenoxy) is 1. The first kappa shape index (κ1) is 14.2. The topological polar surface area (TPSA) is 89.6 Å². The Kier molecular flexibility index (Phi) is 4.08. The normalized spacial score (nSPS) is 12.9. The molecule has 0 saturated heterocycles. The average Bonchev–Trinajstić information content (AvgIpc) is 2.27. The maximum atomic E-state index is 11.7. The first-order valence-corrected chi connectivity index (χ1v) is 5.52. The maximum absolute atomic E-state index is 11.7. The Morgan fingerprint density at radius 1 is 1.22 bits per heavy atom. The van der Waals surface area contributed by atoms with Gasteiger partial charge >= 0.3 is 11.9 Å². The van der Waals surface area contributed by atoms with Gasteiger partial charge in [0.15, 0.2) is 0 Å². The molecule has 0 aromatic heterocycles. The zero-order chi connectivity index (χ0) is 13.9. The van der Waals surface area contributed by atoms with Crippen LogP contribution in [0.2, 0.25) is 0 Å². The number of hydrogen-bond acceptors (Lipinski definition) is 5. The summed E-state index contributed by atoms with van der Waals surface area (Å²) in [5.41, 5.74) is 5.38. The molecule has 5 nitrogen and oxygen atoms in total. The summed E-state index contributed by atoms with van der Waals surface area (Å²) >= 11 is 0. The number of carbonyl (C=O) groups excluding carboxylic acids is 2. The number of esters is 2. The molecule has 0 aliphatic rings. The van der Waals surface area contributed by atoms with Crippen LogP contribution in [-0.4, -0.2) is 17.0 Å². The van der Waals surface area contributed by atoms with E-state index < -0.39 is 23.4 Å². The van der Waals surface area contributed by atoms with E-state index in [1.165, 1.54) is 24.3 Å². The molecular weight excluding hydrogens is 234 g/mol. The zero-order valence-corrected chi connectivity index (χ0v) is 10.6. The summed E-state index contributed by atoms with van der Waals surface area (Å²) in [4.78, 5) is 23.2. The summed E-state index contributed by atoms with van der Waals surface area (Å²) in [7, 11) is 0. The van der Waals surface area contributed by atoms with E-state index in [0.29, 0.717) is 5.56 Å². The second kappa shape index (κ2) is 5.18. The van der Waals surface area contributed by atoms with Crippen LogP contribution in [0.15, 0.2) is 24.3 Å². The van der Waals surface area contributed by atoms with Gasteiger partial charge in [-0.25, -0.2) is 4.79 Å². The van der Waals surface area contributed by atoms with Crippen molar-refractivity contribution in [2.24, 2.45) is 11.1 Å². The zero-order valence-electron chi connectivity index (χ0n) is 10.6. The highest BCUT2D eigenvalue weighted by Gasteiger charge is 2.28. The number of aromatic hydroxyl groups is 1. The van der Waals surface area contributed by atoms with Gasteiger partial charge in [0.05, 0.1) is 5.41 Å². The minimum atomic E-state index is -1.04. The van der Waals surface area contributed by atoms with Crippen molar-refractivity contribution in [3.05, 3.63) is 29.8 Å². The fourth-order valence-electron chi connectivity index (χ4n) is 1.13. The molecule has 3 N–H and O–H groups in total. The SMILES string of the molecule is CC(C)(C)C(=O)OC(=O)[C@H](N)c1ccc(O)cc1. The molecule has 0 aliphatic heterocycles. The Balaban J connectivity index is 2.73. The molecule has 5 heteroatoms. The summed E-state index contributed by atoms with van der Waals surface area (Å²) in [6, 6.07) is 4.78. The minimum Gasteiger partial charge on any atom is -0.508 e. The van der Waals surface area contributed by atoms with E-state index in [-0.39, 0.29) is 5.75 Å². The number of benzene rings is 1. The summed E-state index contributed by atoms with van der Waals surface area (Å²) in [6.45, 7) is 4.94. The van der Waals surface area contributed by atoms with Crippen LogP contribution in [0.1, 0.15) is 32.4 Å². The van der Waals surface area contributed by atoms with Crippen molar-refractivity contribution in [2.45, 2.75) is 26.8 Å². The minimum absolute atomic E-state index is 0.0742. The van der Waals surface area contributed by atoms with Gasteiger partial charge in [0, 0.05) is 0 Å². The summed E-state index contributed by atoms with van der Waals surface area (Å²) in [5.74, 6) is -1.35. The molecule has 0 aliphatic carbocycles. The Morgan fingerprint density at radius 2 is 1.72 bits per heavy atom. The molecule has 1 aromatic rings. The lowest BCUT2D eigenvalue weighted by molar-refractivity contribution is -0.166. The molecule has 0 spiro atoms. The van der Waals surface area contributed by atoms with Crippen LogP contribution < -0.4 is 5.73 Å². The van der Waals surface area contributed by atoms with Gasteiger partial charge in [-0.2, -0.15) is 0 Å². The standard InChI is InChI=1S/C13H17NO4/c1-13(2,3)12(17)18-11(16)10(14)8-4-6-9(15)7-5-8/h4-7,10,15H,14H2,1-3H3/t10-/m1/s1. The molecule has 98 valence electrons. The van der Waals surface area contributed by atoms with Crippen molar-refractivity contribution in [1.29, 1.82) is 0 Å². The lowest BCUT2D eigenvalue weighted by Crippen LogP contribution is -2.31. The lowest BCUT2D eigenvalue weighted by atomic mass is 9.97. The van der Waals surface area contributed by atoms with Crippen molar-refractivity contribution in [3.8, 4) is 5.75 Å². The van der Waals surface area contributed by atoms with Crippen LogP contribution in [0.25, 0.3) is 0 Å². The third-order valence-corrected chi connectivity index (χ3v) is 2.31. The van der Waals surface area contributed by atoms with Gasteiger partial charge in [-0.3, -0.25) is 4.79 Å². The molecule has 0 saturated carbocycles. The van der Waals surface area contributed by atoms with Gasteiger partial charge in [0.25, 0.3) is 0 Å². The molecule has 1 atom stereocenters. The quantitative estimate of drug-likeness (QED) is 0.614. The average molecular weight is 251 g/mol. The van der Waals surface area contributed by atoms with Gasteiger partial charge < -0.3 is 15.6 Å². The van der Waals surface area contributed by atoms with Gasteiger partial charge in [0.2, 0.25) is 0 Å². The van der Waals surface area contributed by atoms with Crippen LogP contribution >= 0.6 is 0 Å². The fourth-order valence-corrected chi connectivity index (χ4v) is 1.13. The van der Waals surface area contributed by atoms with E-state index in [4.69, 9.17) is 15.6 Å². The summed E-state index contributed by atoms with van der Waals surface area (Å²) < 4.78 is 4.70. The van der Waals surface area contributed by atoms with Gasteiger partial charge in [-0.05, 0) is 38.5 Å². The molecular formula is C13H17NO4. The van der Waals surface area contributed by atoms with Crippen molar-refractivity contribution < 1.29 is 19.4 Å². The Hall–Kier alpha value is -1.88. The summed E-state index contributed by atoms with van der Waals surface area (Å²) in [6.07, 6.45) is 0. The Labute approximate surface area is 106 Å². The van der Waals surface area contributed by atoms with E-state index in [1.54, 1.807) is 20.8 Å². The van der Waals surface area contributed by atoms with Crippen LogP contribution in [0.3, 0.4) is 0 Å². The van der Waals surface area contributed by atoms with Gasteiger partial charge in [-0.1, -0.05) is 12.1 Å². The maximum Gasteiger partial charge on any atom is 0.335 e. The smallest absolute Gasteiger partial charge is 0.335 e. The van der Waals surface area contributed by atoms with Crippen LogP contribution in [-0.2, 0) is 14.3 Å². The predicted molar refractivity (Wildman–Crippen MR) is 65.6 cm³/mol. The number of carbonyl (C=O) groups is 2. The molecule has 0 fully saturated rings. The molecule has 0 bridgehead atoms. The Bertz CT molecular complexity index is 445. The number of phenolic OH excluding ortho intramolecular Hbond substituents is 1. The second-order valence-electron chi connectivity index (χ2n) is 5.03. The van der Waals surface area contributed by atoms with E-state index in [9.17, 15) is 9.59 Å². The molecule has 18 heavy (non-hydrogen) atoms. The van der Waals surface area contributed by atoms with Crippen molar-refractivity contribution in [2.75, 3.05) is 0 Å². The summed E-state index contributed by atoms with van der Waals surface area (Å²) in [5, 5.41) is 9.12. The number of hydrogen-bond donors (Lipinski definition) is 2. The molecule has 0 heterocycles. The van der Waals surface area contributed by atoms with E-state index >= 15 is 0 Å². The highest BCUT2D eigenvalue weighted by molar-refractivity contribution is 5.91. The van der Waals surface area contributed by atoms with Gasteiger partial charge in [-0.15, -0.1) is 0 Å². The van der Waals surface area contributed by atoms with E-state index in [0.717, 1.165) is 0 Å². The number of rotatable bonds is 2. The largest absolute Gasteiger partial charge is 0.508 e. The van der Waals surface area contributed by atoms with E-state index in [1.807, 2.05) is 0 Å². The third kappa shape index (κ3) is 3.56. The fraction of sp³-hybridized carbons (Fsp3) is 0.385. The van der Waals surface area contributed by atoms with Crippen LogP contribution in [0.5, 0.6) is 5.75 Å².